The van der Waals surface area contributed by atoms with E-state index in [1.54, 1.807) is 17.7 Å². The van der Waals surface area contributed by atoms with Gasteiger partial charge in [0.1, 0.15) is 11.5 Å². The molecular formula is C26H38O2. The van der Waals surface area contributed by atoms with Crippen molar-refractivity contribution in [3.8, 4) is 11.5 Å². The van der Waals surface area contributed by atoms with Gasteiger partial charge in [-0.1, -0.05) is 48.8 Å². The molecule has 0 fully saturated rings. The highest BCUT2D eigenvalue weighted by molar-refractivity contribution is 5.39. The van der Waals surface area contributed by atoms with Gasteiger partial charge >= 0.3 is 0 Å². The quantitative estimate of drug-likeness (QED) is 0.361. The van der Waals surface area contributed by atoms with Crippen molar-refractivity contribution < 1.29 is 10.2 Å². The molecule has 0 amide bonds. The molecule has 1 atom stereocenters. The average molecular weight is 383 g/mol. The smallest absolute Gasteiger partial charge is 0.119 e. The summed E-state index contributed by atoms with van der Waals surface area (Å²) in [5.74, 6) is 1.15. The lowest BCUT2D eigenvalue weighted by Gasteiger charge is -2.38. The van der Waals surface area contributed by atoms with Crippen LogP contribution in [-0.2, 0) is 6.42 Å². The highest BCUT2D eigenvalue weighted by atomic mass is 16.3. The van der Waals surface area contributed by atoms with E-state index in [0.717, 1.165) is 18.4 Å². The second-order valence-corrected chi connectivity index (χ2v) is 9.22. The molecule has 0 saturated carbocycles. The number of hydrogen-bond acceptors (Lipinski definition) is 2. The molecule has 0 heterocycles. The minimum absolute atomic E-state index is 0.198. The molecule has 1 aromatic rings. The number of hydrogen-bond donors (Lipinski definition) is 2. The Labute approximate surface area is 171 Å². The zero-order valence-electron chi connectivity index (χ0n) is 18.4. The maximum absolute atomic E-state index is 9.86. The van der Waals surface area contributed by atoms with Crippen LogP contribution < -0.4 is 0 Å². The Balaban J connectivity index is 1.80. The number of phenols is 2. The summed E-state index contributed by atoms with van der Waals surface area (Å²) in [5, 5.41) is 19.4. The van der Waals surface area contributed by atoms with E-state index in [0.29, 0.717) is 17.8 Å². The Morgan fingerprint density at radius 2 is 1.82 bits per heavy atom. The van der Waals surface area contributed by atoms with Gasteiger partial charge in [-0.3, -0.25) is 0 Å². The lowest BCUT2D eigenvalue weighted by atomic mass is 9.67. The molecule has 2 nitrogen and oxygen atoms in total. The van der Waals surface area contributed by atoms with E-state index < -0.39 is 0 Å². The predicted molar refractivity (Wildman–Crippen MR) is 120 cm³/mol. The topological polar surface area (TPSA) is 40.5 Å². The number of aromatic hydroxyl groups is 2. The van der Waals surface area contributed by atoms with Gasteiger partial charge in [-0.05, 0) is 95.2 Å². The molecule has 0 aliphatic heterocycles. The van der Waals surface area contributed by atoms with Gasteiger partial charge in [-0.25, -0.2) is 0 Å². The lowest BCUT2D eigenvalue weighted by Crippen LogP contribution is -2.27. The Bertz CT molecular complexity index is 750. The van der Waals surface area contributed by atoms with Gasteiger partial charge < -0.3 is 10.2 Å². The molecule has 1 aromatic carbocycles. The van der Waals surface area contributed by atoms with Crippen molar-refractivity contribution in [2.75, 3.05) is 0 Å². The second kappa shape index (κ2) is 10.0. The third-order valence-corrected chi connectivity index (χ3v) is 6.34. The highest BCUT2D eigenvalue weighted by Crippen LogP contribution is 2.43. The zero-order valence-corrected chi connectivity index (χ0v) is 18.4. The number of phenolic OH excluding ortho intramolecular Hbond substituents is 2. The Morgan fingerprint density at radius 1 is 1.11 bits per heavy atom. The summed E-state index contributed by atoms with van der Waals surface area (Å²) in [4.78, 5) is 0. The summed E-state index contributed by atoms with van der Waals surface area (Å²) in [7, 11) is 0. The maximum Gasteiger partial charge on any atom is 0.119 e. The van der Waals surface area contributed by atoms with Crippen LogP contribution in [0.1, 0.15) is 78.7 Å². The normalized spacial score (nSPS) is 20.2. The number of rotatable bonds is 8. The van der Waals surface area contributed by atoms with Gasteiger partial charge in [0.15, 0.2) is 0 Å². The lowest BCUT2D eigenvalue weighted by molar-refractivity contribution is 0.204. The van der Waals surface area contributed by atoms with Crippen LogP contribution in [0.2, 0.25) is 0 Å². The Morgan fingerprint density at radius 3 is 2.54 bits per heavy atom. The van der Waals surface area contributed by atoms with Crippen LogP contribution in [0.3, 0.4) is 0 Å². The summed E-state index contributed by atoms with van der Waals surface area (Å²) in [6, 6.07) is 4.69. The molecule has 0 aromatic heterocycles. The third kappa shape index (κ3) is 6.58. The van der Waals surface area contributed by atoms with Gasteiger partial charge in [0.05, 0.1) is 0 Å². The molecule has 1 aliphatic carbocycles. The zero-order chi connectivity index (χ0) is 20.7. The molecule has 0 saturated heterocycles. The van der Waals surface area contributed by atoms with E-state index >= 15 is 0 Å². The van der Waals surface area contributed by atoms with Crippen LogP contribution in [-0.4, -0.2) is 10.2 Å². The van der Waals surface area contributed by atoms with Gasteiger partial charge in [0.2, 0.25) is 0 Å². The number of benzene rings is 1. The van der Waals surface area contributed by atoms with Crippen LogP contribution in [0.4, 0.5) is 0 Å². The standard InChI is InChI=1S/C26H38O2/c1-19(11-13-22-18-23(27)14-16-25(22)28)8-6-9-20(2)12-15-24-21(3)10-7-17-26(24,4)5/h9-11,14,16,18,24,27-28H,6-8,12-13,15,17H2,1-5H3/b19-11+,20-9+/t24-/m1/s1. The van der Waals surface area contributed by atoms with E-state index in [1.807, 2.05) is 0 Å². The Kier molecular flexibility index (Phi) is 7.98. The van der Waals surface area contributed by atoms with Crippen molar-refractivity contribution in [1.29, 1.82) is 0 Å². The van der Waals surface area contributed by atoms with Crippen LogP contribution >= 0.6 is 0 Å². The van der Waals surface area contributed by atoms with Crippen molar-refractivity contribution in [3.05, 3.63) is 58.7 Å². The molecule has 0 unspecified atom stereocenters. The van der Waals surface area contributed by atoms with Crippen molar-refractivity contribution in [2.45, 2.75) is 79.6 Å². The maximum atomic E-state index is 9.86. The summed E-state index contributed by atoms with van der Waals surface area (Å²) in [5.41, 5.74) is 5.59. The number of allylic oxidation sites excluding steroid dienone is 6. The fourth-order valence-electron chi connectivity index (χ4n) is 4.37. The fourth-order valence-corrected chi connectivity index (χ4v) is 4.37. The van der Waals surface area contributed by atoms with Crippen molar-refractivity contribution in [3.63, 3.8) is 0 Å². The van der Waals surface area contributed by atoms with Gasteiger partial charge in [-0.15, -0.1) is 0 Å². The van der Waals surface area contributed by atoms with Crippen LogP contribution in [0.25, 0.3) is 0 Å². The molecule has 2 N–H and O–H groups in total. The van der Waals surface area contributed by atoms with E-state index in [1.165, 1.54) is 42.9 Å². The van der Waals surface area contributed by atoms with Crippen molar-refractivity contribution in [1.82, 2.24) is 0 Å². The molecule has 2 rings (SSSR count). The largest absolute Gasteiger partial charge is 0.508 e. The summed E-state index contributed by atoms with van der Waals surface area (Å²) in [6.07, 6.45) is 14.7. The van der Waals surface area contributed by atoms with E-state index in [2.05, 4.69) is 52.8 Å². The molecule has 0 spiro atoms. The minimum Gasteiger partial charge on any atom is -0.508 e. The molecule has 0 radical (unpaired) electrons. The van der Waals surface area contributed by atoms with E-state index in [9.17, 15) is 10.2 Å². The second-order valence-electron chi connectivity index (χ2n) is 9.22. The first-order chi connectivity index (χ1) is 13.2. The Hall–Kier alpha value is -1.96. The fraction of sp³-hybridized carbons (Fsp3) is 0.538. The SMILES string of the molecule is CC1=CCCC(C)(C)[C@@H]1CC/C(C)=C/CC/C(C)=C/Cc1cc(O)ccc1O. The van der Waals surface area contributed by atoms with Crippen molar-refractivity contribution in [2.24, 2.45) is 11.3 Å². The highest BCUT2D eigenvalue weighted by Gasteiger charge is 2.32. The molecule has 2 heteroatoms. The van der Waals surface area contributed by atoms with Crippen LogP contribution in [0.5, 0.6) is 11.5 Å². The summed E-state index contributed by atoms with van der Waals surface area (Å²) >= 11 is 0. The first-order valence-electron chi connectivity index (χ1n) is 10.7. The van der Waals surface area contributed by atoms with E-state index in [4.69, 9.17) is 0 Å². The van der Waals surface area contributed by atoms with Gasteiger partial charge in [-0.2, -0.15) is 0 Å². The summed E-state index contributed by atoms with van der Waals surface area (Å²) < 4.78 is 0. The summed E-state index contributed by atoms with van der Waals surface area (Å²) in [6.45, 7) is 11.6. The van der Waals surface area contributed by atoms with Crippen LogP contribution in [0.15, 0.2) is 53.1 Å². The monoisotopic (exact) mass is 382 g/mol. The minimum atomic E-state index is 0.198. The van der Waals surface area contributed by atoms with E-state index in [-0.39, 0.29) is 11.5 Å². The van der Waals surface area contributed by atoms with Gasteiger partial charge in [0, 0.05) is 5.56 Å². The third-order valence-electron chi connectivity index (χ3n) is 6.34. The predicted octanol–water partition coefficient (Wildman–Crippen LogP) is 7.48. The molecule has 1 aliphatic rings. The first-order valence-corrected chi connectivity index (χ1v) is 10.7. The van der Waals surface area contributed by atoms with Crippen LogP contribution in [0, 0.1) is 11.3 Å². The average Bonchev–Trinajstić information content (AvgIpc) is 2.61. The first kappa shape index (κ1) is 22.3. The molecule has 0 bridgehead atoms. The van der Waals surface area contributed by atoms with Gasteiger partial charge in [0.25, 0.3) is 0 Å². The molecular weight excluding hydrogens is 344 g/mol. The van der Waals surface area contributed by atoms with Crippen molar-refractivity contribution >= 4 is 0 Å². The molecule has 28 heavy (non-hydrogen) atoms. The molecule has 154 valence electrons.